The molecule has 1 aromatic rings. The van der Waals surface area contributed by atoms with E-state index >= 15 is 0 Å². The molecule has 0 aliphatic carbocycles. The minimum absolute atomic E-state index is 0.285. The quantitative estimate of drug-likeness (QED) is 0.807. The van der Waals surface area contributed by atoms with Gasteiger partial charge in [-0.3, -0.25) is 9.78 Å². The average molecular weight is 259 g/mol. The van der Waals surface area contributed by atoms with E-state index in [0.717, 1.165) is 31.0 Å². The molecule has 1 amide bonds. The lowest BCUT2D eigenvalue weighted by Gasteiger charge is -2.36. The molecule has 3 rings (SSSR count). The van der Waals surface area contributed by atoms with Crippen molar-refractivity contribution in [3.05, 3.63) is 28.6 Å². The third-order valence-corrected chi connectivity index (χ3v) is 4.21. The van der Waals surface area contributed by atoms with Crippen LogP contribution in [0.15, 0.2) is 6.07 Å². The highest BCUT2D eigenvalue weighted by molar-refractivity contribution is 5.77. The molecule has 4 nitrogen and oxygen atoms in total. The third-order valence-electron chi connectivity index (χ3n) is 4.21. The molecule has 0 bridgehead atoms. The van der Waals surface area contributed by atoms with Gasteiger partial charge in [0.1, 0.15) is 0 Å². The van der Waals surface area contributed by atoms with Crippen molar-refractivity contribution in [1.29, 1.82) is 0 Å². The number of carbonyl (C=O) groups is 1. The largest absolute Gasteiger partial charge is 0.332 e. The summed E-state index contributed by atoms with van der Waals surface area (Å²) in [5, 5.41) is 0. The monoisotopic (exact) mass is 259 g/mol. The summed E-state index contributed by atoms with van der Waals surface area (Å²) in [6.07, 6.45) is 0.691. The molecule has 2 aliphatic heterocycles. The molecule has 19 heavy (non-hydrogen) atoms. The molecule has 1 aromatic heterocycles. The lowest BCUT2D eigenvalue weighted by atomic mass is 9.96. The molecule has 4 heteroatoms. The molecular weight excluding hydrogens is 238 g/mol. The van der Waals surface area contributed by atoms with Crippen LogP contribution < -0.4 is 0 Å². The second-order valence-corrected chi connectivity index (χ2v) is 6.05. The van der Waals surface area contributed by atoms with Crippen molar-refractivity contribution >= 4 is 5.91 Å². The number of hydrogen-bond acceptors (Lipinski definition) is 3. The molecule has 0 saturated carbocycles. The summed E-state index contributed by atoms with van der Waals surface area (Å²) in [6.45, 7) is 7.69. The Bertz CT molecular complexity index is 520. The van der Waals surface area contributed by atoms with Gasteiger partial charge in [-0.1, -0.05) is 0 Å². The zero-order valence-electron chi connectivity index (χ0n) is 11.9. The van der Waals surface area contributed by atoms with E-state index in [2.05, 4.69) is 29.9 Å². The molecule has 0 spiro atoms. The highest BCUT2D eigenvalue weighted by Gasteiger charge is 2.31. The lowest BCUT2D eigenvalue weighted by Crippen LogP contribution is -2.45. The number of likely N-dealkylation sites (tertiary alicyclic amines) is 1. The minimum atomic E-state index is 0.285. The van der Waals surface area contributed by atoms with Crippen LogP contribution >= 0.6 is 0 Å². The van der Waals surface area contributed by atoms with Gasteiger partial charge >= 0.3 is 0 Å². The van der Waals surface area contributed by atoms with E-state index in [9.17, 15) is 4.79 Å². The van der Waals surface area contributed by atoms with Crippen LogP contribution in [0.4, 0.5) is 0 Å². The van der Waals surface area contributed by atoms with E-state index in [1.54, 1.807) is 0 Å². The smallest absolute Gasteiger partial charge is 0.223 e. The first-order valence-corrected chi connectivity index (χ1v) is 6.95. The Morgan fingerprint density at radius 2 is 2.11 bits per heavy atom. The SMILES string of the molecule is Cc1cc(C)c2c(n1)CN(C(=O)CC1CN(C)C1)C2. The van der Waals surface area contributed by atoms with Gasteiger partial charge in [0, 0.05) is 31.7 Å². The van der Waals surface area contributed by atoms with Crippen LogP contribution in [0.5, 0.6) is 0 Å². The number of aryl methyl sites for hydroxylation is 2. The van der Waals surface area contributed by atoms with Crippen LogP contribution in [-0.4, -0.2) is 40.8 Å². The van der Waals surface area contributed by atoms with Crippen LogP contribution in [0.25, 0.3) is 0 Å². The van der Waals surface area contributed by atoms with Gasteiger partial charge in [-0.25, -0.2) is 0 Å². The van der Waals surface area contributed by atoms with Crippen LogP contribution in [0.3, 0.4) is 0 Å². The first-order valence-electron chi connectivity index (χ1n) is 6.95. The molecule has 1 saturated heterocycles. The van der Waals surface area contributed by atoms with Crippen LogP contribution in [-0.2, 0) is 17.9 Å². The van der Waals surface area contributed by atoms with Crippen molar-refractivity contribution in [3.63, 3.8) is 0 Å². The van der Waals surface area contributed by atoms with E-state index in [1.807, 2.05) is 11.8 Å². The van der Waals surface area contributed by atoms with Gasteiger partial charge in [0.05, 0.1) is 12.2 Å². The molecular formula is C15H21N3O. The summed E-state index contributed by atoms with van der Waals surface area (Å²) >= 11 is 0. The second-order valence-electron chi connectivity index (χ2n) is 6.05. The first-order chi connectivity index (χ1) is 9.02. The number of rotatable bonds is 2. The van der Waals surface area contributed by atoms with Gasteiger partial charge in [-0.05, 0) is 44.0 Å². The number of fused-ring (bicyclic) bond motifs is 1. The predicted molar refractivity (Wildman–Crippen MR) is 73.6 cm³/mol. The molecule has 102 valence electrons. The lowest BCUT2D eigenvalue weighted by molar-refractivity contribution is -0.134. The van der Waals surface area contributed by atoms with E-state index < -0.39 is 0 Å². The minimum Gasteiger partial charge on any atom is -0.332 e. The first kappa shape index (κ1) is 12.6. The third kappa shape index (κ3) is 2.37. The van der Waals surface area contributed by atoms with Crippen LogP contribution in [0.2, 0.25) is 0 Å². The van der Waals surface area contributed by atoms with Gasteiger partial charge in [-0.15, -0.1) is 0 Å². The van der Waals surface area contributed by atoms with Gasteiger partial charge in [-0.2, -0.15) is 0 Å². The number of aromatic nitrogens is 1. The Morgan fingerprint density at radius 1 is 1.37 bits per heavy atom. The van der Waals surface area contributed by atoms with E-state index in [-0.39, 0.29) is 5.91 Å². The maximum Gasteiger partial charge on any atom is 0.223 e. The maximum absolute atomic E-state index is 12.3. The summed E-state index contributed by atoms with van der Waals surface area (Å²) in [7, 11) is 2.10. The summed E-state index contributed by atoms with van der Waals surface area (Å²) in [6, 6.07) is 2.10. The summed E-state index contributed by atoms with van der Waals surface area (Å²) in [4.78, 5) is 21.1. The summed E-state index contributed by atoms with van der Waals surface area (Å²) in [5.41, 5.74) is 4.66. The Labute approximate surface area is 114 Å². The molecule has 0 N–H and O–H groups in total. The highest BCUT2D eigenvalue weighted by atomic mass is 16.2. The second kappa shape index (κ2) is 4.60. The van der Waals surface area contributed by atoms with Gasteiger partial charge in [0.15, 0.2) is 0 Å². The molecule has 0 atom stereocenters. The van der Waals surface area contributed by atoms with Gasteiger partial charge in [0.25, 0.3) is 0 Å². The number of carbonyl (C=O) groups excluding carboxylic acids is 1. The van der Waals surface area contributed by atoms with Gasteiger partial charge < -0.3 is 9.80 Å². The summed E-state index contributed by atoms with van der Waals surface area (Å²) in [5.74, 6) is 0.838. The van der Waals surface area contributed by atoms with E-state index in [1.165, 1.54) is 11.1 Å². The molecule has 1 fully saturated rings. The average Bonchev–Trinajstić information content (AvgIpc) is 2.71. The Morgan fingerprint density at radius 3 is 2.79 bits per heavy atom. The predicted octanol–water partition coefficient (Wildman–Crippen LogP) is 1.49. The van der Waals surface area contributed by atoms with Crippen molar-refractivity contribution in [1.82, 2.24) is 14.8 Å². The van der Waals surface area contributed by atoms with Crippen molar-refractivity contribution in [2.24, 2.45) is 5.92 Å². The zero-order chi connectivity index (χ0) is 13.6. The van der Waals surface area contributed by atoms with Crippen molar-refractivity contribution < 1.29 is 4.79 Å². The topological polar surface area (TPSA) is 36.4 Å². The normalized spacial score (nSPS) is 19.4. The number of hydrogen-bond donors (Lipinski definition) is 0. The molecule has 0 aromatic carbocycles. The fourth-order valence-electron chi connectivity index (χ4n) is 3.22. The highest BCUT2D eigenvalue weighted by Crippen LogP contribution is 2.27. The molecule has 2 aliphatic rings. The maximum atomic E-state index is 12.3. The fourth-order valence-corrected chi connectivity index (χ4v) is 3.22. The number of nitrogens with zero attached hydrogens (tertiary/aromatic N) is 3. The Hall–Kier alpha value is -1.42. The molecule has 0 radical (unpaired) electrons. The van der Waals surface area contributed by atoms with E-state index in [0.29, 0.717) is 18.9 Å². The van der Waals surface area contributed by atoms with Gasteiger partial charge in [0.2, 0.25) is 5.91 Å². The fraction of sp³-hybridized carbons (Fsp3) is 0.600. The molecule has 3 heterocycles. The van der Waals surface area contributed by atoms with Crippen LogP contribution in [0, 0.1) is 19.8 Å². The summed E-state index contributed by atoms with van der Waals surface area (Å²) < 4.78 is 0. The Balaban J connectivity index is 1.66. The Kier molecular flexibility index (Phi) is 3.05. The van der Waals surface area contributed by atoms with Crippen molar-refractivity contribution in [2.75, 3.05) is 20.1 Å². The van der Waals surface area contributed by atoms with Crippen molar-refractivity contribution in [3.8, 4) is 0 Å². The van der Waals surface area contributed by atoms with Crippen LogP contribution in [0.1, 0.15) is 28.9 Å². The number of amides is 1. The van der Waals surface area contributed by atoms with E-state index in [4.69, 9.17) is 0 Å². The van der Waals surface area contributed by atoms with Crippen molar-refractivity contribution in [2.45, 2.75) is 33.4 Å². The number of pyridine rings is 1. The standard InChI is InChI=1S/C15H21N3O/c1-10-4-11(2)16-14-9-18(8-13(10)14)15(19)5-12-6-17(3)7-12/h4,12H,5-9H2,1-3H3. The zero-order valence-corrected chi connectivity index (χ0v) is 11.9. The molecule has 0 unspecified atom stereocenters.